The van der Waals surface area contributed by atoms with Gasteiger partial charge in [-0.05, 0) is 37.1 Å². The minimum atomic E-state index is -0.177. The minimum absolute atomic E-state index is 0.124. The number of aromatic nitrogens is 2. The van der Waals surface area contributed by atoms with E-state index in [1.54, 1.807) is 28.0 Å². The Bertz CT molecular complexity index is 1070. The summed E-state index contributed by atoms with van der Waals surface area (Å²) in [6, 6.07) is 15.0. The molecule has 1 aromatic carbocycles. The quantitative estimate of drug-likeness (QED) is 0.631. The summed E-state index contributed by atoms with van der Waals surface area (Å²) in [6.07, 6.45) is 3.19. The molecule has 0 N–H and O–H groups in total. The molecule has 8 heteroatoms. The Balaban J connectivity index is 1.41. The number of piperidine rings is 1. The SMILES string of the molecule is O=C(c1cc(-c2ccco2)nn1-c1ccccc1)N1CCCC(C(=O)N2CCOCC2)C1. The molecule has 166 valence electrons. The molecule has 0 saturated carbocycles. The molecule has 0 radical (unpaired) electrons. The van der Waals surface area contributed by atoms with E-state index in [1.807, 2.05) is 41.3 Å². The molecule has 1 unspecified atom stereocenters. The van der Waals surface area contributed by atoms with Crippen molar-refractivity contribution in [2.24, 2.45) is 5.92 Å². The average Bonchev–Trinajstić information content (AvgIpc) is 3.55. The van der Waals surface area contributed by atoms with Gasteiger partial charge in [0.2, 0.25) is 5.91 Å². The average molecular weight is 434 g/mol. The fraction of sp³-hybridized carbons (Fsp3) is 0.375. The van der Waals surface area contributed by atoms with Gasteiger partial charge < -0.3 is 19.0 Å². The number of para-hydroxylation sites is 1. The molecule has 2 aliphatic rings. The van der Waals surface area contributed by atoms with E-state index in [0.29, 0.717) is 56.5 Å². The highest BCUT2D eigenvalue weighted by Gasteiger charge is 2.33. The van der Waals surface area contributed by atoms with Gasteiger partial charge in [-0.1, -0.05) is 18.2 Å². The van der Waals surface area contributed by atoms with E-state index < -0.39 is 0 Å². The smallest absolute Gasteiger partial charge is 0.272 e. The fourth-order valence-corrected chi connectivity index (χ4v) is 4.41. The van der Waals surface area contributed by atoms with Crippen LogP contribution in [0, 0.1) is 5.92 Å². The third kappa shape index (κ3) is 4.05. The number of furan rings is 1. The Kier molecular flexibility index (Phi) is 5.77. The minimum Gasteiger partial charge on any atom is -0.463 e. The maximum atomic E-state index is 13.6. The zero-order valence-corrected chi connectivity index (χ0v) is 17.9. The molecule has 5 rings (SSSR count). The van der Waals surface area contributed by atoms with Gasteiger partial charge in [-0.15, -0.1) is 0 Å². The maximum Gasteiger partial charge on any atom is 0.272 e. The van der Waals surface area contributed by atoms with E-state index in [-0.39, 0.29) is 17.7 Å². The summed E-state index contributed by atoms with van der Waals surface area (Å²) in [4.78, 5) is 30.3. The number of morpholine rings is 1. The van der Waals surface area contributed by atoms with Crippen LogP contribution in [0.25, 0.3) is 17.1 Å². The van der Waals surface area contributed by atoms with Crippen molar-refractivity contribution in [2.45, 2.75) is 12.8 Å². The third-order valence-electron chi connectivity index (χ3n) is 6.08. The van der Waals surface area contributed by atoms with Crippen LogP contribution in [0.5, 0.6) is 0 Å². The number of benzene rings is 1. The first-order valence-electron chi connectivity index (χ1n) is 11.1. The predicted octanol–water partition coefficient (Wildman–Crippen LogP) is 2.84. The first-order chi connectivity index (χ1) is 15.7. The van der Waals surface area contributed by atoms with Gasteiger partial charge in [0.25, 0.3) is 5.91 Å². The van der Waals surface area contributed by atoms with Crippen molar-refractivity contribution in [3.63, 3.8) is 0 Å². The zero-order valence-electron chi connectivity index (χ0n) is 17.9. The molecule has 4 heterocycles. The summed E-state index contributed by atoms with van der Waals surface area (Å²) < 4.78 is 12.5. The van der Waals surface area contributed by atoms with Gasteiger partial charge in [0.15, 0.2) is 5.76 Å². The number of hydrogen-bond acceptors (Lipinski definition) is 5. The zero-order chi connectivity index (χ0) is 21.9. The first kappa shape index (κ1) is 20.5. The second-order valence-electron chi connectivity index (χ2n) is 8.17. The predicted molar refractivity (Wildman–Crippen MR) is 117 cm³/mol. The van der Waals surface area contributed by atoms with E-state index in [1.165, 1.54) is 0 Å². The van der Waals surface area contributed by atoms with Gasteiger partial charge in [0.1, 0.15) is 11.4 Å². The molecule has 2 saturated heterocycles. The molecule has 2 fully saturated rings. The monoisotopic (exact) mass is 434 g/mol. The highest BCUT2D eigenvalue weighted by atomic mass is 16.5. The summed E-state index contributed by atoms with van der Waals surface area (Å²) in [5, 5.41) is 4.65. The van der Waals surface area contributed by atoms with E-state index in [4.69, 9.17) is 9.15 Å². The Morgan fingerprint density at radius 3 is 2.53 bits per heavy atom. The molecule has 0 aliphatic carbocycles. The van der Waals surface area contributed by atoms with Gasteiger partial charge in [-0.25, -0.2) is 4.68 Å². The van der Waals surface area contributed by atoms with Crippen LogP contribution < -0.4 is 0 Å². The Hall–Kier alpha value is -3.39. The molecule has 0 spiro atoms. The molecular formula is C24H26N4O4. The number of amides is 2. The van der Waals surface area contributed by atoms with E-state index in [2.05, 4.69) is 5.10 Å². The number of carbonyl (C=O) groups excluding carboxylic acids is 2. The molecule has 0 bridgehead atoms. The number of hydrogen-bond donors (Lipinski definition) is 0. The lowest BCUT2D eigenvalue weighted by Crippen LogP contribution is -2.49. The van der Waals surface area contributed by atoms with Crippen molar-refractivity contribution < 1.29 is 18.7 Å². The van der Waals surface area contributed by atoms with Gasteiger partial charge in [0, 0.05) is 32.2 Å². The number of carbonyl (C=O) groups is 2. The van der Waals surface area contributed by atoms with E-state index in [0.717, 1.165) is 18.5 Å². The number of ether oxygens (including phenoxy) is 1. The van der Waals surface area contributed by atoms with Crippen molar-refractivity contribution in [3.05, 3.63) is 60.5 Å². The Labute approximate surface area is 186 Å². The van der Waals surface area contributed by atoms with Crippen LogP contribution in [0.15, 0.2) is 59.2 Å². The lowest BCUT2D eigenvalue weighted by Gasteiger charge is -2.36. The van der Waals surface area contributed by atoms with Gasteiger partial charge >= 0.3 is 0 Å². The van der Waals surface area contributed by atoms with Crippen LogP contribution in [0.1, 0.15) is 23.3 Å². The molecule has 1 atom stereocenters. The highest BCUT2D eigenvalue weighted by Crippen LogP contribution is 2.26. The van der Waals surface area contributed by atoms with Gasteiger partial charge in [-0.3, -0.25) is 9.59 Å². The largest absolute Gasteiger partial charge is 0.463 e. The number of likely N-dealkylation sites (tertiary alicyclic amines) is 1. The van der Waals surface area contributed by atoms with Gasteiger partial charge in [-0.2, -0.15) is 5.10 Å². The van der Waals surface area contributed by atoms with Crippen molar-refractivity contribution >= 4 is 11.8 Å². The normalized spacial score (nSPS) is 19.2. The summed E-state index contributed by atoms with van der Waals surface area (Å²) in [6.45, 7) is 3.44. The van der Waals surface area contributed by atoms with Crippen LogP contribution in [0.3, 0.4) is 0 Å². The third-order valence-corrected chi connectivity index (χ3v) is 6.08. The molecule has 3 aromatic rings. The summed E-state index contributed by atoms with van der Waals surface area (Å²) in [5.74, 6) is 0.425. The summed E-state index contributed by atoms with van der Waals surface area (Å²) in [7, 11) is 0. The van der Waals surface area contributed by atoms with E-state index >= 15 is 0 Å². The maximum absolute atomic E-state index is 13.6. The van der Waals surface area contributed by atoms with Crippen LogP contribution in [0.4, 0.5) is 0 Å². The van der Waals surface area contributed by atoms with Crippen molar-refractivity contribution in [3.8, 4) is 17.1 Å². The number of rotatable bonds is 4. The standard InChI is InChI=1S/C24H26N4O4/c29-23(26-11-14-31-15-12-26)18-6-4-10-27(17-18)24(30)21-16-20(22-9-5-13-32-22)25-28(21)19-7-2-1-3-8-19/h1-3,5,7-9,13,16,18H,4,6,10-12,14-15,17H2. The highest BCUT2D eigenvalue weighted by molar-refractivity contribution is 5.94. The lowest BCUT2D eigenvalue weighted by atomic mass is 9.96. The van der Waals surface area contributed by atoms with Crippen molar-refractivity contribution in [1.82, 2.24) is 19.6 Å². The summed E-state index contributed by atoms with van der Waals surface area (Å²) >= 11 is 0. The fourth-order valence-electron chi connectivity index (χ4n) is 4.41. The molecule has 32 heavy (non-hydrogen) atoms. The molecule has 2 aliphatic heterocycles. The Morgan fingerprint density at radius 2 is 1.78 bits per heavy atom. The second kappa shape index (κ2) is 9.00. The first-order valence-corrected chi connectivity index (χ1v) is 11.1. The van der Waals surface area contributed by atoms with E-state index in [9.17, 15) is 9.59 Å². The van der Waals surface area contributed by atoms with Crippen LogP contribution in [-0.2, 0) is 9.53 Å². The van der Waals surface area contributed by atoms with Crippen LogP contribution in [-0.4, -0.2) is 70.8 Å². The Morgan fingerprint density at radius 1 is 0.969 bits per heavy atom. The second-order valence-corrected chi connectivity index (χ2v) is 8.17. The molecule has 2 amide bonds. The number of nitrogens with zero attached hydrogens (tertiary/aromatic N) is 4. The topological polar surface area (TPSA) is 80.8 Å². The van der Waals surface area contributed by atoms with Gasteiger partial charge in [0.05, 0.1) is 31.1 Å². The van der Waals surface area contributed by atoms with Crippen molar-refractivity contribution in [2.75, 3.05) is 39.4 Å². The molecular weight excluding hydrogens is 408 g/mol. The lowest BCUT2D eigenvalue weighted by molar-refractivity contribution is -0.141. The van der Waals surface area contributed by atoms with Crippen LogP contribution in [0.2, 0.25) is 0 Å². The van der Waals surface area contributed by atoms with Crippen LogP contribution >= 0.6 is 0 Å². The molecule has 8 nitrogen and oxygen atoms in total. The van der Waals surface area contributed by atoms with Crippen molar-refractivity contribution in [1.29, 1.82) is 0 Å². The molecule has 2 aromatic heterocycles. The summed E-state index contributed by atoms with van der Waals surface area (Å²) in [5.41, 5.74) is 1.86.